The Labute approximate surface area is 136 Å². The monoisotopic (exact) mass is 317 g/mol. The summed E-state index contributed by atoms with van der Waals surface area (Å²) in [4.78, 5) is 39.0. The van der Waals surface area contributed by atoms with Crippen molar-refractivity contribution in [2.24, 2.45) is 0 Å². The van der Waals surface area contributed by atoms with Gasteiger partial charge in [-0.3, -0.25) is 14.4 Å². The van der Waals surface area contributed by atoms with Gasteiger partial charge in [0, 0.05) is 37.8 Å². The Morgan fingerprint density at radius 1 is 1.09 bits per heavy atom. The first-order chi connectivity index (χ1) is 10.9. The van der Waals surface area contributed by atoms with Crippen LogP contribution < -0.4 is 5.32 Å². The summed E-state index contributed by atoms with van der Waals surface area (Å²) in [6.07, 6.45) is 0. The number of nitrogens with one attached hydrogen (secondary N) is 1. The standard InChI is InChI=1S/C17H23N3O3/c1-4-19-9-10-20(17(23)16(19)22)11-13-5-7-14(8-6-13)15(21)18-12(2)3/h5-8,12H,4,9-11H2,1-3H3,(H,18,21). The van der Waals surface area contributed by atoms with Crippen LogP contribution in [0.4, 0.5) is 0 Å². The summed E-state index contributed by atoms with van der Waals surface area (Å²) in [5, 5.41) is 2.83. The topological polar surface area (TPSA) is 69.7 Å². The second-order valence-electron chi connectivity index (χ2n) is 5.94. The van der Waals surface area contributed by atoms with Gasteiger partial charge in [0.05, 0.1) is 0 Å². The Morgan fingerprint density at radius 2 is 1.65 bits per heavy atom. The number of carbonyl (C=O) groups is 3. The van der Waals surface area contributed by atoms with E-state index in [1.54, 1.807) is 21.9 Å². The van der Waals surface area contributed by atoms with Crippen molar-refractivity contribution in [3.63, 3.8) is 0 Å². The van der Waals surface area contributed by atoms with Gasteiger partial charge in [0.2, 0.25) is 0 Å². The van der Waals surface area contributed by atoms with Gasteiger partial charge >= 0.3 is 11.8 Å². The smallest absolute Gasteiger partial charge is 0.312 e. The van der Waals surface area contributed by atoms with Crippen molar-refractivity contribution in [1.82, 2.24) is 15.1 Å². The van der Waals surface area contributed by atoms with E-state index in [9.17, 15) is 14.4 Å². The van der Waals surface area contributed by atoms with Crippen molar-refractivity contribution >= 4 is 17.7 Å². The molecular formula is C17H23N3O3. The van der Waals surface area contributed by atoms with Gasteiger partial charge in [-0.15, -0.1) is 0 Å². The average molecular weight is 317 g/mol. The van der Waals surface area contributed by atoms with Crippen LogP contribution in [0.1, 0.15) is 36.7 Å². The zero-order valence-corrected chi connectivity index (χ0v) is 13.8. The number of hydrogen-bond donors (Lipinski definition) is 1. The van der Waals surface area contributed by atoms with Crippen LogP contribution >= 0.6 is 0 Å². The highest BCUT2D eigenvalue weighted by atomic mass is 16.2. The zero-order chi connectivity index (χ0) is 17.0. The summed E-state index contributed by atoms with van der Waals surface area (Å²) < 4.78 is 0. The van der Waals surface area contributed by atoms with Gasteiger partial charge < -0.3 is 15.1 Å². The third kappa shape index (κ3) is 4.09. The van der Waals surface area contributed by atoms with Crippen LogP contribution in [0.25, 0.3) is 0 Å². The number of benzene rings is 1. The summed E-state index contributed by atoms with van der Waals surface area (Å²) in [6.45, 7) is 7.72. The van der Waals surface area contributed by atoms with E-state index >= 15 is 0 Å². The Hall–Kier alpha value is -2.37. The van der Waals surface area contributed by atoms with Gasteiger partial charge in [0.25, 0.3) is 5.91 Å². The molecule has 0 bridgehead atoms. The summed E-state index contributed by atoms with van der Waals surface area (Å²) in [7, 11) is 0. The van der Waals surface area contributed by atoms with Crippen LogP contribution in [-0.2, 0) is 16.1 Å². The van der Waals surface area contributed by atoms with Crippen LogP contribution in [0, 0.1) is 0 Å². The second kappa shape index (κ2) is 7.26. The first-order valence-corrected chi connectivity index (χ1v) is 7.90. The van der Waals surface area contributed by atoms with Crippen molar-refractivity contribution in [2.75, 3.05) is 19.6 Å². The number of likely N-dealkylation sites (N-methyl/N-ethyl adjacent to an activating group) is 1. The maximum atomic E-state index is 12.1. The first kappa shape index (κ1) is 17.0. The van der Waals surface area contributed by atoms with E-state index in [2.05, 4.69) is 5.32 Å². The molecule has 1 fully saturated rings. The molecule has 2 rings (SSSR count). The molecule has 3 amide bonds. The average Bonchev–Trinajstić information content (AvgIpc) is 2.52. The maximum Gasteiger partial charge on any atom is 0.312 e. The third-order valence-electron chi connectivity index (χ3n) is 3.79. The fraction of sp³-hybridized carbons (Fsp3) is 0.471. The third-order valence-corrected chi connectivity index (χ3v) is 3.79. The lowest BCUT2D eigenvalue weighted by Crippen LogP contribution is -2.53. The van der Waals surface area contributed by atoms with Crippen molar-refractivity contribution in [3.05, 3.63) is 35.4 Å². The quantitative estimate of drug-likeness (QED) is 0.824. The molecule has 124 valence electrons. The molecule has 0 aromatic heterocycles. The lowest BCUT2D eigenvalue weighted by atomic mass is 10.1. The number of nitrogens with zero attached hydrogens (tertiary/aromatic N) is 2. The van der Waals surface area contributed by atoms with E-state index in [1.807, 2.05) is 32.9 Å². The summed E-state index contributed by atoms with van der Waals surface area (Å²) in [5.41, 5.74) is 1.48. The van der Waals surface area contributed by atoms with E-state index in [1.165, 1.54) is 0 Å². The molecule has 0 saturated carbocycles. The minimum absolute atomic E-state index is 0.0840. The molecule has 1 saturated heterocycles. The predicted octanol–water partition coefficient (Wildman–Crippen LogP) is 1.02. The summed E-state index contributed by atoms with van der Waals surface area (Å²) in [6, 6.07) is 7.20. The van der Waals surface area contributed by atoms with Crippen LogP contribution in [0.2, 0.25) is 0 Å². The molecule has 1 aromatic rings. The van der Waals surface area contributed by atoms with Crippen LogP contribution in [-0.4, -0.2) is 53.2 Å². The number of amides is 3. The normalized spacial score (nSPS) is 15.3. The zero-order valence-electron chi connectivity index (χ0n) is 13.8. The molecule has 1 heterocycles. The Kier molecular flexibility index (Phi) is 5.36. The predicted molar refractivity (Wildman–Crippen MR) is 86.7 cm³/mol. The minimum Gasteiger partial charge on any atom is -0.350 e. The fourth-order valence-electron chi connectivity index (χ4n) is 2.50. The lowest BCUT2D eigenvalue weighted by molar-refractivity contribution is -0.156. The van der Waals surface area contributed by atoms with Gasteiger partial charge in [0.15, 0.2) is 0 Å². The van der Waals surface area contributed by atoms with Crippen molar-refractivity contribution in [3.8, 4) is 0 Å². The van der Waals surface area contributed by atoms with Crippen LogP contribution in [0.5, 0.6) is 0 Å². The molecule has 0 atom stereocenters. The van der Waals surface area contributed by atoms with E-state index in [0.29, 0.717) is 31.7 Å². The highest BCUT2D eigenvalue weighted by molar-refractivity contribution is 6.35. The fourth-order valence-corrected chi connectivity index (χ4v) is 2.50. The number of hydrogen-bond acceptors (Lipinski definition) is 3. The summed E-state index contributed by atoms with van der Waals surface area (Å²) in [5.74, 6) is -1.01. The number of rotatable bonds is 5. The van der Waals surface area contributed by atoms with Crippen molar-refractivity contribution in [1.29, 1.82) is 0 Å². The van der Waals surface area contributed by atoms with E-state index in [4.69, 9.17) is 0 Å². The Bertz CT molecular complexity index is 596. The molecule has 0 spiro atoms. The molecule has 6 nitrogen and oxygen atoms in total. The molecular weight excluding hydrogens is 294 g/mol. The minimum atomic E-state index is -0.459. The molecule has 0 unspecified atom stereocenters. The molecule has 1 aliphatic heterocycles. The number of carbonyl (C=O) groups excluding carboxylic acids is 3. The highest BCUT2D eigenvalue weighted by Gasteiger charge is 2.31. The molecule has 6 heteroatoms. The molecule has 0 radical (unpaired) electrons. The second-order valence-corrected chi connectivity index (χ2v) is 5.94. The van der Waals surface area contributed by atoms with Crippen LogP contribution in [0.15, 0.2) is 24.3 Å². The van der Waals surface area contributed by atoms with Gasteiger partial charge in [-0.05, 0) is 38.5 Å². The van der Waals surface area contributed by atoms with Gasteiger partial charge in [-0.1, -0.05) is 12.1 Å². The molecule has 23 heavy (non-hydrogen) atoms. The largest absolute Gasteiger partial charge is 0.350 e. The Morgan fingerprint density at radius 3 is 2.22 bits per heavy atom. The lowest BCUT2D eigenvalue weighted by Gasteiger charge is -2.33. The highest BCUT2D eigenvalue weighted by Crippen LogP contribution is 2.12. The van der Waals surface area contributed by atoms with E-state index in [-0.39, 0.29) is 11.9 Å². The van der Waals surface area contributed by atoms with Crippen molar-refractivity contribution < 1.29 is 14.4 Å². The summed E-state index contributed by atoms with van der Waals surface area (Å²) >= 11 is 0. The number of piperazine rings is 1. The molecule has 1 N–H and O–H groups in total. The molecule has 1 aliphatic rings. The van der Waals surface area contributed by atoms with Gasteiger partial charge in [0.1, 0.15) is 0 Å². The molecule has 0 aliphatic carbocycles. The van der Waals surface area contributed by atoms with Gasteiger partial charge in [-0.2, -0.15) is 0 Å². The Balaban J connectivity index is 2.00. The maximum absolute atomic E-state index is 12.1. The van der Waals surface area contributed by atoms with Gasteiger partial charge in [-0.25, -0.2) is 0 Å². The van der Waals surface area contributed by atoms with Crippen molar-refractivity contribution in [2.45, 2.75) is 33.4 Å². The van der Waals surface area contributed by atoms with E-state index < -0.39 is 11.8 Å². The van der Waals surface area contributed by atoms with Crippen LogP contribution in [0.3, 0.4) is 0 Å². The van der Waals surface area contributed by atoms with E-state index in [0.717, 1.165) is 5.56 Å². The molecule has 1 aromatic carbocycles. The first-order valence-electron chi connectivity index (χ1n) is 7.90. The SMILES string of the molecule is CCN1CCN(Cc2ccc(C(=O)NC(C)C)cc2)C(=O)C1=O.